The van der Waals surface area contributed by atoms with Gasteiger partial charge in [0.2, 0.25) is 0 Å². The van der Waals surface area contributed by atoms with E-state index in [1.54, 1.807) is 18.3 Å². The number of nitrogens with one attached hydrogen (secondary N) is 1. The molecule has 0 aliphatic rings. The Kier molecular flexibility index (Phi) is 3.42. The Balaban J connectivity index is 1.96. The molecule has 3 aromatic rings. The molecule has 0 saturated carbocycles. The minimum atomic E-state index is -1.02. The first-order valence-electron chi connectivity index (χ1n) is 6.36. The van der Waals surface area contributed by atoms with E-state index >= 15 is 0 Å². The first kappa shape index (κ1) is 13.0. The molecule has 0 atom stereocenters. The summed E-state index contributed by atoms with van der Waals surface area (Å²) >= 11 is 0. The van der Waals surface area contributed by atoms with Gasteiger partial charge in [0, 0.05) is 11.6 Å². The van der Waals surface area contributed by atoms with Crippen molar-refractivity contribution in [1.82, 2.24) is 15.0 Å². The third-order valence-electron chi connectivity index (χ3n) is 3.03. The monoisotopic (exact) mass is 280 g/mol. The van der Waals surface area contributed by atoms with E-state index in [0.717, 1.165) is 16.6 Å². The minimum Gasteiger partial charge on any atom is -0.478 e. The van der Waals surface area contributed by atoms with Gasteiger partial charge in [-0.15, -0.1) is 0 Å². The molecular formula is C15H12N4O2. The second-order valence-corrected chi connectivity index (χ2v) is 4.44. The molecule has 2 aromatic heterocycles. The van der Waals surface area contributed by atoms with Crippen LogP contribution in [0.1, 0.15) is 16.1 Å². The molecule has 21 heavy (non-hydrogen) atoms. The molecule has 0 radical (unpaired) electrons. The van der Waals surface area contributed by atoms with E-state index in [9.17, 15) is 9.90 Å². The molecule has 0 fully saturated rings. The number of carboxylic acids is 1. The molecule has 0 spiro atoms. The zero-order valence-electron chi connectivity index (χ0n) is 11.0. The van der Waals surface area contributed by atoms with Gasteiger partial charge >= 0.3 is 5.97 Å². The summed E-state index contributed by atoms with van der Waals surface area (Å²) in [6.45, 7) is 0.383. The Bertz CT molecular complexity index is 790. The quantitative estimate of drug-likeness (QED) is 0.762. The molecule has 0 bridgehead atoms. The topological polar surface area (TPSA) is 88.0 Å². The number of anilines is 1. The van der Waals surface area contributed by atoms with E-state index in [1.807, 2.05) is 24.3 Å². The third kappa shape index (κ3) is 2.79. The van der Waals surface area contributed by atoms with Gasteiger partial charge in [-0.3, -0.25) is 0 Å². The number of benzene rings is 1. The molecule has 0 amide bonds. The van der Waals surface area contributed by atoms with Crippen LogP contribution in [-0.2, 0) is 6.54 Å². The van der Waals surface area contributed by atoms with Gasteiger partial charge in [0.05, 0.1) is 17.8 Å². The molecule has 3 rings (SSSR count). The molecular weight excluding hydrogens is 268 g/mol. The van der Waals surface area contributed by atoms with Gasteiger partial charge in [0.1, 0.15) is 17.7 Å². The first-order chi connectivity index (χ1) is 10.2. The van der Waals surface area contributed by atoms with Crippen LogP contribution in [0.5, 0.6) is 0 Å². The van der Waals surface area contributed by atoms with Crippen LogP contribution in [-0.4, -0.2) is 26.0 Å². The highest BCUT2D eigenvalue weighted by Gasteiger charge is 2.13. The third-order valence-corrected chi connectivity index (χ3v) is 3.03. The molecule has 104 valence electrons. The zero-order chi connectivity index (χ0) is 14.7. The SMILES string of the molecule is O=C(O)c1cc2ccccc2nc1NCc1ccncn1. The first-order valence-corrected chi connectivity index (χ1v) is 6.36. The van der Waals surface area contributed by atoms with Crippen LogP contribution in [0.25, 0.3) is 10.9 Å². The number of carbonyl (C=O) groups is 1. The van der Waals surface area contributed by atoms with Crippen LogP contribution in [0.15, 0.2) is 48.9 Å². The second-order valence-electron chi connectivity index (χ2n) is 4.44. The number of aromatic nitrogens is 3. The lowest BCUT2D eigenvalue weighted by molar-refractivity contribution is 0.0697. The van der Waals surface area contributed by atoms with Crippen LogP contribution >= 0.6 is 0 Å². The van der Waals surface area contributed by atoms with Crippen LogP contribution in [0.3, 0.4) is 0 Å². The summed E-state index contributed by atoms with van der Waals surface area (Å²) in [4.78, 5) is 23.7. The Morgan fingerprint density at radius 3 is 2.86 bits per heavy atom. The number of pyridine rings is 1. The van der Waals surface area contributed by atoms with Crippen molar-refractivity contribution in [1.29, 1.82) is 0 Å². The lowest BCUT2D eigenvalue weighted by atomic mass is 10.1. The Hall–Kier alpha value is -3.02. The number of fused-ring (bicyclic) bond motifs is 1. The summed E-state index contributed by atoms with van der Waals surface area (Å²) in [6, 6.07) is 10.8. The predicted octanol–water partition coefficient (Wildman–Crippen LogP) is 2.34. The highest BCUT2D eigenvalue weighted by molar-refractivity contribution is 5.98. The van der Waals surface area contributed by atoms with Crippen molar-refractivity contribution in [2.24, 2.45) is 0 Å². The molecule has 1 aromatic carbocycles. The molecule has 0 aliphatic heterocycles. The average Bonchev–Trinajstić information content (AvgIpc) is 2.53. The molecule has 6 heteroatoms. The fourth-order valence-corrected chi connectivity index (χ4v) is 2.01. The number of para-hydroxylation sites is 1. The maximum Gasteiger partial charge on any atom is 0.339 e. The van der Waals surface area contributed by atoms with Crippen LogP contribution in [0.2, 0.25) is 0 Å². The Labute approximate surface area is 120 Å². The largest absolute Gasteiger partial charge is 0.478 e. The van der Waals surface area contributed by atoms with Crippen molar-refractivity contribution >= 4 is 22.7 Å². The van der Waals surface area contributed by atoms with Crippen molar-refractivity contribution in [3.05, 3.63) is 60.2 Å². The van der Waals surface area contributed by atoms with Crippen molar-refractivity contribution in [2.45, 2.75) is 6.54 Å². The Morgan fingerprint density at radius 1 is 1.24 bits per heavy atom. The van der Waals surface area contributed by atoms with E-state index in [2.05, 4.69) is 20.3 Å². The predicted molar refractivity (Wildman–Crippen MR) is 78.1 cm³/mol. The second kappa shape index (κ2) is 5.54. The van der Waals surface area contributed by atoms with Gasteiger partial charge < -0.3 is 10.4 Å². The number of aromatic carboxylic acids is 1. The summed E-state index contributed by atoms with van der Waals surface area (Å²) in [7, 11) is 0. The van der Waals surface area contributed by atoms with E-state index < -0.39 is 5.97 Å². The fraction of sp³-hybridized carbons (Fsp3) is 0.0667. The lowest BCUT2D eigenvalue weighted by Crippen LogP contribution is -2.09. The summed E-state index contributed by atoms with van der Waals surface area (Å²) in [5, 5.41) is 13.1. The van der Waals surface area contributed by atoms with Gasteiger partial charge in [0.25, 0.3) is 0 Å². The van der Waals surface area contributed by atoms with Gasteiger partial charge in [0.15, 0.2) is 0 Å². The average molecular weight is 280 g/mol. The highest BCUT2D eigenvalue weighted by atomic mass is 16.4. The number of hydrogen-bond donors (Lipinski definition) is 2. The van der Waals surface area contributed by atoms with Gasteiger partial charge in [-0.25, -0.2) is 19.7 Å². The van der Waals surface area contributed by atoms with Crippen LogP contribution in [0, 0.1) is 0 Å². The molecule has 2 heterocycles. The molecule has 0 aliphatic carbocycles. The fourth-order valence-electron chi connectivity index (χ4n) is 2.01. The molecule has 0 saturated heterocycles. The number of carboxylic acid groups (broad SMARTS) is 1. The molecule has 0 unspecified atom stereocenters. The van der Waals surface area contributed by atoms with Crippen molar-refractivity contribution in [2.75, 3.05) is 5.32 Å². The smallest absolute Gasteiger partial charge is 0.339 e. The summed E-state index contributed by atoms with van der Waals surface area (Å²) < 4.78 is 0. The summed E-state index contributed by atoms with van der Waals surface area (Å²) in [5.41, 5.74) is 1.65. The van der Waals surface area contributed by atoms with E-state index in [4.69, 9.17) is 0 Å². The maximum absolute atomic E-state index is 11.4. The van der Waals surface area contributed by atoms with E-state index in [0.29, 0.717) is 12.4 Å². The number of nitrogens with zero attached hydrogens (tertiary/aromatic N) is 3. The molecule has 2 N–H and O–H groups in total. The summed E-state index contributed by atoms with van der Waals surface area (Å²) in [6.07, 6.45) is 3.08. The maximum atomic E-state index is 11.4. The Morgan fingerprint density at radius 2 is 2.10 bits per heavy atom. The van der Waals surface area contributed by atoms with E-state index in [1.165, 1.54) is 6.33 Å². The van der Waals surface area contributed by atoms with Gasteiger partial charge in [-0.2, -0.15) is 0 Å². The van der Waals surface area contributed by atoms with Crippen molar-refractivity contribution in [3.63, 3.8) is 0 Å². The normalized spacial score (nSPS) is 10.5. The van der Waals surface area contributed by atoms with E-state index in [-0.39, 0.29) is 5.56 Å². The minimum absolute atomic E-state index is 0.141. The molecule has 6 nitrogen and oxygen atoms in total. The standard InChI is InChI=1S/C15H12N4O2/c20-15(21)12-7-10-3-1-2-4-13(10)19-14(12)17-8-11-5-6-16-9-18-11/h1-7,9H,8H2,(H,17,19)(H,20,21). The number of rotatable bonds is 4. The number of hydrogen-bond acceptors (Lipinski definition) is 5. The van der Waals surface area contributed by atoms with Crippen molar-refractivity contribution in [3.8, 4) is 0 Å². The van der Waals surface area contributed by atoms with Crippen molar-refractivity contribution < 1.29 is 9.90 Å². The van der Waals surface area contributed by atoms with Crippen LogP contribution < -0.4 is 5.32 Å². The van der Waals surface area contributed by atoms with Gasteiger partial charge in [-0.05, 0) is 18.2 Å². The lowest BCUT2D eigenvalue weighted by Gasteiger charge is -2.09. The van der Waals surface area contributed by atoms with Crippen LogP contribution in [0.4, 0.5) is 5.82 Å². The summed E-state index contributed by atoms with van der Waals surface area (Å²) in [5.74, 6) is -0.682. The van der Waals surface area contributed by atoms with Gasteiger partial charge in [-0.1, -0.05) is 18.2 Å². The highest BCUT2D eigenvalue weighted by Crippen LogP contribution is 2.20. The zero-order valence-corrected chi connectivity index (χ0v) is 11.0.